The summed E-state index contributed by atoms with van der Waals surface area (Å²) in [6, 6.07) is 8.18. The molecule has 0 radical (unpaired) electrons. The highest BCUT2D eigenvalue weighted by molar-refractivity contribution is 5.84. The number of primary amides is 1. The van der Waals surface area contributed by atoms with Gasteiger partial charge in [-0.3, -0.25) is 9.48 Å². The summed E-state index contributed by atoms with van der Waals surface area (Å²) in [5.74, 6) is -0.283. The molecule has 5 heteroatoms. The topological polar surface area (TPSA) is 72.9 Å². The van der Waals surface area contributed by atoms with Crippen molar-refractivity contribution in [2.45, 2.75) is 45.2 Å². The molecule has 0 saturated carbocycles. The summed E-state index contributed by atoms with van der Waals surface area (Å²) in [6.07, 6.45) is 4.54. The minimum atomic E-state index is -0.610. The van der Waals surface area contributed by atoms with Crippen LogP contribution in [0.3, 0.4) is 0 Å². The molecule has 0 bridgehead atoms. The van der Waals surface area contributed by atoms with Gasteiger partial charge in [-0.15, -0.1) is 0 Å². The third-order valence-electron chi connectivity index (χ3n) is 3.96. The number of nitrogens with one attached hydrogen (secondary N) is 1. The van der Waals surface area contributed by atoms with Crippen LogP contribution in [0.1, 0.15) is 33.1 Å². The van der Waals surface area contributed by atoms with Crippen LogP contribution in [0.4, 0.5) is 0 Å². The molecule has 0 aliphatic rings. The number of hydrogen-bond donors (Lipinski definition) is 2. The Balaban J connectivity index is 1.88. The molecule has 5 nitrogen and oxygen atoms in total. The van der Waals surface area contributed by atoms with E-state index in [1.165, 1.54) is 0 Å². The van der Waals surface area contributed by atoms with E-state index in [0.29, 0.717) is 0 Å². The molecule has 0 saturated heterocycles. The Bertz CT molecular complexity index is 607. The molecule has 0 spiro atoms. The summed E-state index contributed by atoms with van der Waals surface area (Å²) >= 11 is 0. The van der Waals surface area contributed by atoms with Crippen LogP contribution in [0, 0.1) is 0 Å². The molecule has 1 heterocycles. The molecule has 0 aliphatic heterocycles. The monoisotopic (exact) mass is 288 g/mol. The van der Waals surface area contributed by atoms with E-state index in [2.05, 4.69) is 22.5 Å². The molecule has 1 aromatic heterocycles. The highest BCUT2D eigenvalue weighted by Gasteiger charge is 2.28. The number of likely N-dealkylation sites (N-methyl/N-ethyl adjacent to an activating group) is 1. The van der Waals surface area contributed by atoms with Crippen LogP contribution in [0.5, 0.6) is 0 Å². The SMILES string of the molecule is CCNC(C)(CCCCn1ncc2ccccc21)C(N)=O. The van der Waals surface area contributed by atoms with Crippen LogP contribution in [-0.4, -0.2) is 27.8 Å². The summed E-state index contributed by atoms with van der Waals surface area (Å²) < 4.78 is 2.02. The van der Waals surface area contributed by atoms with Gasteiger partial charge in [-0.2, -0.15) is 5.10 Å². The number of nitrogens with two attached hydrogens (primary N) is 1. The zero-order valence-corrected chi connectivity index (χ0v) is 12.8. The first kappa shape index (κ1) is 15.5. The summed E-state index contributed by atoms with van der Waals surface area (Å²) in [5, 5.41) is 8.75. The maximum atomic E-state index is 11.6. The molecule has 2 rings (SSSR count). The highest BCUT2D eigenvalue weighted by atomic mass is 16.1. The van der Waals surface area contributed by atoms with E-state index in [-0.39, 0.29) is 5.91 Å². The highest BCUT2D eigenvalue weighted by Crippen LogP contribution is 2.16. The Kier molecular flexibility index (Phi) is 4.96. The van der Waals surface area contributed by atoms with Gasteiger partial charge in [0.15, 0.2) is 0 Å². The van der Waals surface area contributed by atoms with Gasteiger partial charge in [0, 0.05) is 11.9 Å². The average molecular weight is 288 g/mol. The van der Waals surface area contributed by atoms with Crippen molar-refractivity contribution in [3.05, 3.63) is 30.5 Å². The van der Waals surface area contributed by atoms with Gasteiger partial charge in [0.25, 0.3) is 0 Å². The van der Waals surface area contributed by atoms with Gasteiger partial charge in [-0.05, 0) is 38.8 Å². The maximum Gasteiger partial charge on any atom is 0.237 e. The number of carbonyl (C=O) groups excluding carboxylic acids is 1. The second-order valence-electron chi connectivity index (χ2n) is 5.61. The molecule has 1 unspecified atom stereocenters. The first-order valence-corrected chi connectivity index (χ1v) is 7.52. The summed E-state index contributed by atoms with van der Waals surface area (Å²) in [6.45, 7) is 5.46. The minimum absolute atomic E-state index is 0.283. The predicted octanol–water partition coefficient (Wildman–Crippen LogP) is 2.06. The fraction of sp³-hybridized carbons (Fsp3) is 0.500. The molecule has 3 N–H and O–H groups in total. The average Bonchev–Trinajstić information content (AvgIpc) is 2.87. The lowest BCUT2D eigenvalue weighted by Gasteiger charge is -2.26. The third kappa shape index (κ3) is 3.61. The summed E-state index contributed by atoms with van der Waals surface area (Å²) in [4.78, 5) is 11.6. The number of rotatable bonds is 8. The van der Waals surface area contributed by atoms with E-state index < -0.39 is 5.54 Å². The fourth-order valence-electron chi connectivity index (χ4n) is 2.63. The molecular formula is C16H24N4O. The van der Waals surface area contributed by atoms with Gasteiger partial charge in [0.1, 0.15) is 0 Å². The van der Waals surface area contributed by atoms with Gasteiger partial charge in [-0.25, -0.2) is 0 Å². The van der Waals surface area contributed by atoms with E-state index in [1.54, 1.807) is 0 Å². The zero-order valence-electron chi connectivity index (χ0n) is 12.8. The Labute approximate surface area is 125 Å². The quantitative estimate of drug-likeness (QED) is 0.730. The number of hydrogen-bond acceptors (Lipinski definition) is 3. The van der Waals surface area contributed by atoms with Crippen molar-refractivity contribution in [3.8, 4) is 0 Å². The number of carbonyl (C=O) groups is 1. The zero-order chi connectivity index (χ0) is 15.3. The normalized spacial score (nSPS) is 14.2. The maximum absolute atomic E-state index is 11.6. The first-order valence-electron chi connectivity index (χ1n) is 7.52. The smallest absolute Gasteiger partial charge is 0.237 e. The van der Waals surface area contributed by atoms with Gasteiger partial charge in [0.2, 0.25) is 5.91 Å². The van der Waals surface area contributed by atoms with Crippen LogP contribution >= 0.6 is 0 Å². The number of para-hydroxylation sites is 1. The van der Waals surface area contributed by atoms with E-state index in [4.69, 9.17) is 5.73 Å². The van der Waals surface area contributed by atoms with Gasteiger partial charge >= 0.3 is 0 Å². The Morgan fingerprint density at radius 1 is 1.38 bits per heavy atom. The van der Waals surface area contributed by atoms with Crippen LogP contribution in [0.25, 0.3) is 10.9 Å². The number of aromatic nitrogens is 2. The second kappa shape index (κ2) is 6.72. The molecule has 1 atom stereocenters. The van der Waals surface area contributed by atoms with Crippen LogP contribution in [-0.2, 0) is 11.3 Å². The molecule has 1 amide bonds. The van der Waals surface area contributed by atoms with Crippen molar-refractivity contribution in [2.75, 3.05) is 6.54 Å². The van der Waals surface area contributed by atoms with Crippen molar-refractivity contribution < 1.29 is 4.79 Å². The number of amides is 1. The van der Waals surface area contributed by atoms with Crippen LogP contribution in [0.15, 0.2) is 30.5 Å². The van der Waals surface area contributed by atoms with E-state index in [0.717, 1.165) is 43.3 Å². The van der Waals surface area contributed by atoms with Crippen molar-refractivity contribution in [1.82, 2.24) is 15.1 Å². The number of fused-ring (bicyclic) bond motifs is 1. The summed E-state index contributed by atoms with van der Waals surface area (Å²) in [7, 11) is 0. The lowest BCUT2D eigenvalue weighted by Crippen LogP contribution is -2.52. The Morgan fingerprint density at radius 2 is 2.14 bits per heavy atom. The third-order valence-corrected chi connectivity index (χ3v) is 3.96. The predicted molar refractivity (Wildman–Crippen MR) is 84.9 cm³/mol. The molecule has 21 heavy (non-hydrogen) atoms. The van der Waals surface area contributed by atoms with Crippen molar-refractivity contribution in [1.29, 1.82) is 0 Å². The molecule has 2 aromatic rings. The van der Waals surface area contributed by atoms with E-state index in [1.807, 2.05) is 36.9 Å². The lowest BCUT2D eigenvalue weighted by atomic mass is 9.94. The molecular weight excluding hydrogens is 264 g/mol. The first-order chi connectivity index (χ1) is 10.1. The van der Waals surface area contributed by atoms with Crippen LogP contribution < -0.4 is 11.1 Å². The van der Waals surface area contributed by atoms with Gasteiger partial charge < -0.3 is 11.1 Å². The Hall–Kier alpha value is -1.88. The number of benzene rings is 1. The minimum Gasteiger partial charge on any atom is -0.368 e. The van der Waals surface area contributed by atoms with E-state index in [9.17, 15) is 4.79 Å². The number of nitrogens with zero attached hydrogens (tertiary/aromatic N) is 2. The molecule has 0 aliphatic carbocycles. The lowest BCUT2D eigenvalue weighted by molar-refractivity contribution is -0.124. The molecule has 0 fully saturated rings. The summed E-state index contributed by atoms with van der Waals surface area (Å²) in [5.41, 5.74) is 6.03. The molecule has 1 aromatic carbocycles. The van der Waals surface area contributed by atoms with E-state index >= 15 is 0 Å². The van der Waals surface area contributed by atoms with Crippen LogP contribution in [0.2, 0.25) is 0 Å². The van der Waals surface area contributed by atoms with Crippen molar-refractivity contribution >= 4 is 16.8 Å². The number of unbranched alkanes of at least 4 members (excludes halogenated alkanes) is 1. The fourth-order valence-corrected chi connectivity index (χ4v) is 2.63. The second-order valence-corrected chi connectivity index (χ2v) is 5.61. The standard InChI is InChI=1S/C16H24N4O/c1-3-18-16(2,15(17)21)10-6-7-11-20-14-9-5-4-8-13(14)12-19-20/h4-5,8-9,12,18H,3,6-7,10-11H2,1-2H3,(H2,17,21). The van der Waals surface area contributed by atoms with Crippen molar-refractivity contribution in [3.63, 3.8) is 0 Å². The number of aryl methyl sites for hydroxylation is 1. The van der Waals surface area contributed by atoms with Crippen molar-refractivity contribution in [2.24, 2.45) is 5.73 Å². The Morgan fingerprint density at radius 3 is 2.86 bits per heavy atom. The molecule has 114 valence electrons. The largest absolute Gasteiger partial charge is 0.368 e. The van der Waals surface area contributed by atoms with Gasteiger partial charge in [-0.1, -0.05) is 25.1 Å². The van der Waals surface area contributed by atoms with Gasteiger partial charge in [0.05, 0.1) is 17.3 Å².